The number of amides is 1. The molecule has 3 rings (SSSR count). The van der Waals surface area contributed by atoms with Gasteiger partial charge in [-0.25, -0.2) is 0 Å². The Bertz CT molecular complexity index is 627. The molecule has 1 N–H and O–H groups in total. The van der Waals surface area contributed by atoms with E-state index in [0.717, 1.165) is 11.4 Å². The first kappa shape index (κ1) is 13.9. The molecule has 0 saturated carbocycles. The molecule has 0 aliphatic carbocycles. The molecule has 21 heavy (non-hydrogen) atoms. The number of anilines is 1. The van der Waals surface area contributed by atoms with E-state index >= 15 is 0 Å². The van der Waals surface area contributed by atoms with Crippen LogP contribution in [0.2, 0.25) is 0 Å². The third-order valence-corrected chi connectivity index (χ3v) is 4.84. The number of thiophene rings is 1. The normalized spacial score (nSPS) is 18.1. The van der Waals surface area contributed by atoms with Crippen molar-refractivity contribution in [1.29, 1.82) is 0 Å². The van der Waals surface area contributed by atoms with Gasteiger partial charge in [0.25, 0.3) is 5.91 Å². The predicted octanol–water partition coefficient (Wildman–Crippen LogP) is 3.14. The van der Waals surface area contributed by atoms with Gasteiger partial charge in [-0.1, -0.05) is 18.2 Å². The van der Waals surface area contributed by atoms with Gasteiger partial charge in [0.1, 0.15) is 5.75 Å². The Morgan fingerprint density at radius 2 is 2.19 bits per heavy atom. The van der Waals surface area contributed by atoms with Gasteiger partial charge in [-0.2, -0.15) is 0 Å². The maximum Gasteiger partial charge on any atom is 0.265 e. The van der Waals surface area contributed by atoms with Crippen LogP contribution in [0.25, 0.3) is 0 Å². The number of carbonyl (C=O) groups excluding carboxylic acids is 1. The van der Waals surface area contributed by atoms with Crippen molar-refractivity contribution in [2.75, 3.05) is 18.9 Å². The van der Waals surface area contributed by atoms with Gasteiger partial charge >= 0.3 is 0 Å². The first-order valence-corrected chi connectivity index (χ1v) is 7.84. The zero-order valence-corrected chi connectivity index (χ0v) is 12.9. The van der Waals surface area contributed by atoms with E-state index in [0.29, 0.717) is 6.54 Å². The number of rotatable bonds is 3. The van der Waals surface area contributed by atoms with Crippen LogP contribution in [-0.4, -0.2) is 30.5 Å². The number of hydrogen-bond donors (Lipinski definition) is 1. The van der Waals surface area contributed by atoms with Crippen molar-refractivity contribution in [2.45, 2.75) is 19.1 Å². The van der Waals surface area contributed by atoms with E-state index in [9.17, 15) is 4.79 Å². The maximum absolute atomic E-state index is 12.6. The van der Waals surface area contributed by atoms with Crippen molar-refractivity contribution in [1.82, 2.24) is 4.90 Å². The van der Waals surface area contributed by atoms with E-state index in [1.54, 1.807) is 16.2 Å². The van der Waals surface area contributed by atoms with E-state index in [1.807, 2.05) is 55.7 Å². The lowest BCUT2D eigenvalue weighted by Gasteiger charge is -2.32. The van der Waals surface area contributed by atoms with E-state index in [4.69, 9.17) is 4.74 Å². The SMILES string of the molecule is CC(c1cccs1)N(C)C(=O)C1CNc2ccccc2O1. The molecule has 1 aromatic heterocycles. The highest BCUT2D eigenvalue weighted by Crippen LogP contribution is 2.30. The van der Waals surface area contributed by atoms with Gasteiger partial charge in [0.15, 0.2) is 6.10 Å². The van der Waals surface area contributed by atoms with Crippen LogP contribution < -0.4 is 10.1 Å². The molecular formula is C16H18N2O2S. The number of fused-ring (bicyclic) bond motifs is 1. The largest absolute Gasteiger partial charge is 0.477 e. The third kappa shape index (κ3) is 2.74. The molecule has 1 aliphatic heterocycles. The molecule has 0 fully saturated rings. The number of ether oxygens (including phenoxy) is 1. The van der Waals surface area contributed by atoms with Gasteiger partial charge in [-0.3, -0.25) is 4.79 Å². The zero-order chi connectivity index (χ0) is 14.8. The molecule has 2 atom stereocenters. The van der Waals surface area contributed by atoms with E-state index in [1.165, 1.54) is 4.88 Å². The molecule has 1 aliphatic rings. The number of hydrogen-bond acceptors (Lipinski definition) is 4. The summed E-state index contributed by atoms with van der Waals surface area (Å²) >= 11 is 1.66. The molecule has 0 radical (unpaired) electrons. The lowest BCUT2D eigenvalue weighted by Crippen LogP contribution is -2.46. The molecule has 110 valence electrons. The fraction of sp³-hybridized carbons (Fsp3) is 0.312. The fourth-order valence-corrected chi connectivity index (χ4v) is 3.22. The minimum absolute atomic E-state index is 0.00194. The predicted molar refractivity (Wildman–Crippen MR) is 84.9 cm³/mol. The van der Waals surface area contributed by atoms with Gasteiger partial charge in [0, 0.05) is 11.9 Å². The van der Waals surface area contributed by atoms with Crippen LogP contribution in [0.3, 0.4) is 0 Å². The highest BCUT2D eigenvalue weighted by atomic mass is 32.1. The smallest absolute Gasteiger partial charge is 0.265 e. The highest BCUT2D eigenvalue weighted by molar-refractivity contribution is 7.10. The molecule has 4 nitrogen and oxygen atoms in total. The zero-order valence-electron chi connectivity index (χ0n) is 12.1. The second kappa shape index (κ2) is 5.77. The first-order valence-electron chi connectivity index (χ1n) is 6.96. The monoisotopic (exact) mass is 302 g/mol. The van der Waals surface area contributed by atoms with Crippen LogP contribution in [0.1, 0.15) is 17.8 Å². The van der Waals surface area contributed by atoms with Crippen LogP contribution in [0.5, 0.6) is 5.75 Å². The summed E-state index contributed by atoms with van der Waals surface area (Å²) < 4.78 is 5.83. The molecule has 2 unspecified atom stereocenters. The highest BCUT2D eigenvalue weighted by Gasteiger charge is 2.30. The number of nitrogens with zero attached hydrogens (tertiary/aromatic N) is 1. The summed E-state index contributed by atoms with van der Waals surface area (Å²) in [6, 6.07) is 11.8. The number of likely N-dealkylation sites (N-methyl/N-ethyl adjacent to an activating group) is 1. The Morgan fingerprint density at radius 3 is 2.95 bits per heavy atom. The lowest BCUT2D eigenvalue weighted by atomic mass is 10.2. The molecule has 2 aromatic rings. The van der Waals surface area contributed by atoms with Crippen molar-refractivity contribution in [3.8, 4) is 5.75 Å². The van der Waals surface area contributed by atoms with Crippen LogP contribution in [-0.2, 0) is 4.79 Å². The van der Waals surface area contributed by atoms with Gasteiger partial charge < -0.3 is 15.0 Å². The molecule has 1 aromatic carbocycles. The van der Waals surface area contributed by atoms with E-state index in [2.05, 4.69) is 5.32 Å². The fourth-order valence-electron chi connectivity index (χ4n) is 2.39. The van der Waals surface area contributed by atoms with Crippen LogP contribution in [0.15, 0.2) is 41.8 Å². The molecule has 0 bridgehead atoms. The second-order valence-corrected chi connectivity index (χ2v) is 6.10. The summed E-state index contributed by atoms with van der Waals surface area (Å²) in [6.07, 6.45) is -0.479. The van der Waals surface area contributed by atoms with Crippen molar-refractivity contribution in [3.05, 3.63) is 46.7 Å². The summed E-state index contributed by atoms with van der Waals surface area (Å²) in [5.41, 5.74) is 0.940. The third-order valence-electron chi connectivity index (χ3n) is 3.79. The molecular weight excluding hydrogens is 284 g/mol. The summed E-state index contributed by atoms with van der Waals surface area (Å²) in [7, 11) is 1.83. The molecule has 2 heterocycles. The summed E-state index contributed by atoms with van der Waals surface area (Å²) in [5.74, 6) is 0.733. The molecule has 5 heteroatoms. The number of para-hydroxylation sites is 2. The van der Waals surface area contributed by atoms with Gasteiger partial charge in [-0.05, 0) is 30.5 Å². The summed E-state index contributed by atoms with van der Waals surface area (Å²) in [6.45, 7) is 2.53. The first-order chi connectivity index (χ1) is 10.2. The van der Waals surface area contributed by atoms with Gasteiger partial charge in [0.2, 0.25) is 0 Å². The Kier molecular flexibility index (Phi) is 3.84. The van der Waals surface area contributed by atoms with Crippen molar-refractivity contribution in [2.24, 2.45) is 0 Å². The number of benzene rings is 1. The van der Waals surface area contributed by atoms with Crippen LogP contribution in [0, 0.1) is 0 Å². The molecule has 0 spiro atoms. The Balaban J connectivity index is 1.71. The standard InChI is InChI=1S/C16H18N2O2S/c1-11(15-8-5-9-21-15)18(2)16(19)14-10-17-12-6-3-4-7-13(12)20-14/h3-9,11,14,17H,10H2,1-2H3. The Morgan fingerprint density at radius 1 is 1.38 bits per heavy atom. The number of carbonyl (C=O) groups is 1. The average molecular weight is 302 g/mol. The number of nitrogens with one attached hydrogen (secondary N) is 1. The van der Waals surface area contributed by atoms with Crippen molar-refractivity contribution >= 4 is 22.9 Å². The van der Waals surface area contributed by atoms with Gasteiger partial charge in [-0.15, -0.1) is 11.3 Å². The molecule has 1 amide bonds. The second-order valence-electron chi connectivity index (χ2n) is 5.12. The topological polar surface area (TPSA) is 41.6 Å². The Hall–Kier alpha value is -2.01. The van der Waals surface area contributed by atoms with Crippen molar-refractivity contribution < 1.29 is 9.53 Å². The van der Waals surface area contributed by atoms with E-state index < -0.39 is 6.10 Å². The van der Waals surface area contributed by atoms with E-state index in [-0.39, 0.29) is 11.9 Å². The maximum atomic E-state index is 12.6. The average Bonchev–Trinajstić information content (AvgIpc) is 3.06. The molecule has 0 saturated heterocycles. The quantitative estimate of drug-likeness (QED) is 0.947. The lowest BCUT2D eigenvalue weighted by molar-refractivity contribution is -0.138. The minimum atomic E-state index is -0.479. The van der Waals surface area contributed by atoms with Crippen LogP contribution in [0.4, 0.5) is 5.69 Å². The van der Waals surface area contributed by atoms with Crippen LogP contribution >= 0.6 is 11.3 Å². The summed E-state index contributed by atoms with van der Waals surface area (Å²) in [4.78, 5) is 15.5. The minimum Gasteiger partial charge on any atom is -0.477 e. The van der Waals surface area contributed by atoms with Gasteiger partial charge in [0.05, 0.1) is 18.3 Å². The van der Waals surface area contributed by atoms with Crippen molar-refractivity contribution in [3.63, 3.8) is 0 Å². The summed E-state index contributed by atoms with van der Waals surface area (Å²) in [5, 5.41) is 5.28. The Labute approximate surface area is 128 Å².